The first kappa shape index (κ1) is 13.0. The molecule has 6 nitrogen and oxygen atoms in total. The molecule has 1 amide bonds. The van der Waals surface area contributed by atoms with Crippen LogP contribution in [0.15, 0.2) is 35.0 Å². The van der Waals surface area contributed by atoms with E-state index < -0.39 is 4.92 Å². The van der Waals surface area contributed by atoms with Crippen molar-refractivity contribution >= 4 is 34.3 Å². The molecule has 0 spiro atoms. The second kappa shape index (κ2) is 5.49. The smallest absolute Gasteiger partial charge is 0.270 e. The van der Waals surface area contributed by atoms with Crippen LogP contribution < -0.4 is 10.6 Å². The number of nitro benzene ring substituents is 1. The minimum absolute atomic E-state index is 0.116. The van der Waals surface area contributed by atoms with Gasteiger partial charge in [-0.05, 0) is 17.5 Å². The summed E-state index contributed by atoms with van der Waals surface area (Å²) in [5.74, 6) is -0.383. The van der Waals surface area contributed by atoms with E-state index in [0.29, 0.717) is 11.4 Å². The molecule has 2 aromatic rings. The molecule has 2 N–H and O–H groups in total. The minimum atomic E-state index is -0.527. The number of carbonyl (C=O) groups excluding carboxylic acids is 1. The summed E-state index contributed by atoms with van der Waals surface area (Å²) in [5, 5.41) is 19.9. The van der Waals surface area contributed by atoms with Gasteiger partial charge >= 0.3 is 0 Å². The molecule has 7 heteroatoms. The molecule has 1 aromatic heterocycles. The number of benzene rings is 1. The van der Waals surface area contributed by atoms with E-state index >= 15 is 0 Å². The third kappa shape index (κ3) is 2.89. The van der Waals surface area contributed by atoms with Crippen molar-refractivity contribution in [3.05, 3.63) is 50.7 Å². The van der Waals surface area contributed by atoms with Crippen molar-refractivity contribution < 1.29 is 9.72 Å². The van der Waals surface area contributed by atoms with Crippen molar-refractivity contribution in [2.24, 2.45) is 0 Å². The van der Waals surface area contributed by atoms with Crippen molar-refractivity contribution in [3.63, 3.8) is 0 Å². The molecular weight excluding hydrogens is 266 g/mol. The average molecular weight is 277 g/mol. The maximum absolute atomic E-state index is 12.1. The van der Waals surface area contributed by atoms with Crippen LogP contribution >= 0.6 is 11.3 Å². The van der Waals surface area contributed by atoms with Crippen LogP contribution in [0.2, 0.25) is 0 Å². The zero-order chi connectivity index (χ0) is 13.8. The fourth-order valence-corrected chi connectivity index (χ4v) is 2.17. The Morgan fingerprint density at radius 3 is 2.74 bits per heavy atom. The predicted molar refractivity (Wildman–Crippen MR) is 74.9 cm³/mol. The molecule has 0 aliphatic rings. The van der Waals surface area contributed by atoms with E-state index in [2.05, 4.69) is 10.6 Å². The molecule has 0 aliphatic heterocycles. The number of hydrogen-bond donors (Lipinski definition) is 2. The number of anilines is 2. The third-order valence-corrected chi connectivity index (χ3v) is 3.19. The van der Waals surface area contributed by atoms with Gasteiger partial charge in [0.15, 0.2) is 0 Å². The lowest BCUT2D eigenvalue weighted by Gasteiger charge is -2.08. The summed E-state index contributed by atoms with van der Waals surface area (Å²) in [4.78, 5) is 22.3. The molecule has 1 heterocycles. The van der Waals surface area contributed by atoms with Crippen molar-refractivity contribution in [2.45, 2.75) is 0 Å². The monoisotopic (exact) mass is 277 g/mol. The largest absolute Gasteiger partial charge is 0.387 e. The van der Waals surface area contributed by atoms with Crippen LogP contribution in [0.4, 0.5) is 17.1 Å². The van der Waals surface area contributed by atoms with E-state index in [1.54, 1.807) is 18.5 Å². The number of hydrogen-bond acceptors (Lipinski definition) is 5. The van der Waals surface area contributed by atoms with Crippen LogP contribution in [0.3, 0.4) is 0 Å². The summed E-state index contributed by atoms with van der Waals surface area (Å²) < 4.78 is 0. The molecule has 0 atom stereocenters. The zero-order valence-corrected chi connectivity index (χ0v) is 10.9. The zero-order valence-electron chi connectivity index (χ0n) is 10.0. The quantitative estimate of drug-likeness (QED) is 0.664. The molecule has 98 valence electrons. The molecule has 0 aliphatic carbocycles. The van der Waals surface area contributed by atoms with Gasteiger partial charge in [-0.1, -0.05) is 0 Å². The molecule has 0 radical (unpaired) electrons. The number of nitro groups is 1. The average Bonchev–Trinajstić information content (AvgIpc) is 2.90. The van der Waals surface area contributed by atoms with Crippen LogP contribution in [0.25, 0.3) is 0 Å². The second-order valence-electron chi connectivity index (χ2n) is 3.70. The van der Waals surface area contributed by atoms with Crippen molar-refractivity contribution in [1.29, 1.82) is 0 Å². The third-order valence-electron chi connectivity index (χ3n) is 2.51. The Kier molecular flexibility index (Phi) is 3.76. The van der Waals surface area contributed by atoms with E-state index in [4.69, 9.17) is 0 Å². The molecule has 1 aromatic carbocycles. The summed E-state index contributed by atoms with van der Waals surface area (Å²) in [6.45, 7) is 0. The van der Waals surface area contributed by atoms with E-state index in [1.807, 2.05) is 5.38 Å². The molecule has 0 saturated heterocycles. The molecule has 2 rings (SSSR count). The number of carbonyl (C=O) groups is 1. The van der Waals surface area contributed by atoms with Crippen LogP contribution in [-0.4, -0.2) is 17.9 Å². The number of amides is 1. The van der Waals surface area contributed by atoms with E-state index in [0.717, 1.165) is 0 Å². The van der Waals surface area contributed by atoms with Gasteiger partial charge in [0.2, 0.25) is 0 Å². The summed E-state index contributed by atoms with van der Waals surface area (Å²) >= 11 is 1.46. The Morgan fingerprint density at radius 2 is 2.16 bits per heavy atom. The van der Waals surface area contributed by atoms with Gasteiger partial charge in [-0.15, -0.1) is 0 Å². The van der Waals surface area contributed by atoms with Gasteiger partial charge in [0.1, 0.15) is 0 Å². The molecule has 0 saturated carbocycles. The number of rotatable bonds is 4. The van der Waals surface area contributed by atoms with E-state index in [1.165, 1.54) is 29.5 Å². The van der Waals surface area contributed by atoms with Crippen molar-refractivity contribution in [1.82, 2.24) is 0 Å². The maximum Gasteiger partial charge on any atom is 0.270 e. The van der Waals surface area contributed by atoms with E-state index in [-0.39, 0.29) is 17.2 Å². The lowest BCUT2D eigenvalue weighted by Crippen LogP contribution is -2.13. The Labute approximate surface area is 113 Å². The molecular formula is C12H11N3O3S. The van der Waals surface area contributed by atoms with Crippen LogP contribution in [0.5, 0.6) is 0 Å². The lowest BCUT2D eigenvalue weighted by molar-refractivity contribution is -0.384. The van der Waals surface area contributed by atoms with Crippen LogP contribution in [0.1, 0.15) is 10.4 Å². The SMILES string of the molecule is CNc1ccc([N+](=O)[O-])cc1C(=O)Nc1ccsc1. The van der Waals surface area contributed by atoms with Gasteiger partial charge in [0.25, 0.3) is 11.6 Å². The highest BCUT2D eigenvalue weighted by Gasteiger charge is 2.16. The standard InChI is InChI=1S/C12H11N3O3S/c1-13-11-3-2-9(15(17)18)6-10(11)12(16)14-8-4-5-19-7-8/h2-7,13H,1H3,(H,14,16). The molecule has 0 unspecified atom stereocenters. The Bertz CT molecular complexity index is 611. The van der Waals surface area contributed by atoms with Crippen molar-refractivity contribution in [2.75, 3.05) is 17.7 Å². The molecule has 0 bridgehead atoms. The van der Waals surface area contributed by atoms with Gasteiger partial charge in [-0.2, -0.15) is 11.3 Å². The molecule has 19 heavy (non-hydrogen) atoms. The Hall–Kier alpha value is -2.41. The van der Waals surface area contributed by atoms with Crippen LogP contribution in [0, 0.1) is 10.1 Å². The maximum atomic E-state index is 12.1. The summed E-state index contributed by atoms with van der Waals surface area (Å²) in [7, 11) is 1.66. The summed E-state index contributed by atoms with van der Waals surface area (Å²) in [6, 6.07) is 5.89. The first-order chi connectivity index (χ1) is 9.11. The van der Waals surface area contributed by atoms with Crippen LogP contribution in [-0.2, 0) is 0 Å². The fraction of sp³-hybridized carbons (Fsp3) is 0.0833. The van der Waals surface area contributed by atoms with E-state index in [9.17, 15) is 14.9 Å². The second-order valence-corrected chi connectivity index (χ2v) is 4.48. The predicted octanol–water partition coefficient (Wildman–Crippen LogP) is 2.95. The van der Waals surface area contributed by atoms with Gasteiger partial charge in [0, 0.05) is 30.2 Å². The Balaban J connectivity index is 2.33. The van der Waals surface area contributed by atoms with Gasteiger partial charge < -0.3 is 10.6 Å². The summed E-state index contributed by atoms with van der Waals surface area (Å²) in [6.07, 6.45) is 0. The minimum Gasteiger partial charge on any atom is -0.387 e. The highest BCUT2D eigenvalue weighted by molar-refractivity contribution is 7.08. The first-order valence-corrected chi connectivity index (χ1v) is 6.36. The Morgan fingerprint density at radius 1 is 1.37 bits per heavy atom. The number of nitrogens with one attached hydrogen (secondary N) is 2. The highest BCUT2D eigenvalue weighted by atomic mass is 32.1. The molecule has 0 fully saturated rings. The van der Waals surface area contributed by atoms with Crippen molar-refractivity contribution in [3.8, 4) is 0 Å². The van der Waals surface area contributed by atoms with Gasteiger partial charge in [-0.3, -0.25) is 14.9 Å². The normalized spacial score (nSPS) is 9.95. The number of nitrogens with zero attached hydrogens (tertiary/aromatic N) is 1. The van der Waals surface area contributed by atoms with Gasteiger partial charge in [-0.25, -0.2) is 0 Å². The first-order valence-electron chi connectivity index (χ1n) is 5.41. The number of thiophene rings is 1. The fourth-order valence-electron chi connectivity index (χ4n) is 1.59. The lowest BCUT2D eigenvalue weighted by atomic mass is 10.1. The highest BCUT2D eigenvalue weighted by Crippen LogP contribution is 2.23. The van der Waals surface area contributed by atoms with Gasteiger partial charge in [0.05, 0.1) is 16.2 Å². The topological polar surface area (TPSA) is 84.3 Å². The number of non-ortho nitro benzene ring substituents is 1. The summed E-state index contributed by atoms with van der Waals surface area (Å²) in [5.41, 5.74) is 1.33.